The summed E-state index contributed by atoms with van der Waals surface area (Å²) < 4.78 is 0. The van der Waals surface area contributed by atoms with Crippen molar-refractivity contribution in [3.8, 4) is 18.2 Å². The maximum absolute atomic E-state index is 9.84. The predicted octanol–water partition coefficient (Wildman–Crippen LogP) is 5.14. The van der Waals surface area contributed by atoms with Crippen molar-refractivity contribution < 1.29 is 0 Å². The van der Waals surface area contributed by atoms with Crippen LogP contribution < -0.4 is 5.30 Å². The normalized spacial score (nSPS) is 11.1. The van der Waals surface area contributed by atoms with Crippen LogP contribution in [0.1, 0.15) is 16.7 Å². The van der Waals surface area contributed by atoms with Gasteiger partial charge in [0.05, 0.1) is 34.9 Å². The quantitative estimate of drug-likeness (QED) is 0.172. The first kappa shape index (κ1) is 16.8. The molecule has 0 aliphatic heterocycles. The summed E-state index contributed by atoms with van der Waals surface area (Å²) >= 11 is 4.60. The van der Waals surface area contributed by atoms with Gasteiger partial charge in [-0.1, -0.05) is 18.2 Å². The van der Waals surface area contributed by atoms with Crippen LogP contribution in [0.15, 0.2) is 47.4 Å². The van der Waals surface area contributed by atoms with Crippen molar-refractivity contribution >= 4 is 70.3 Å². The van der Waals surface area contributed by atoms with Crippen molar-refractivity contribution in [1.29, 1.82) is 15.8 Å². The Labute approximate surface area is 168 Å². The van der Waals surface area contributed by atoms with Gasteiger partial charge in [-0.3, -0.25) is 0 Å². The van der Waals surface area contributed by atoms with Crippen molar-refractivity contribution in [2.24, 2.45) is 0 Å². The molecule has 128 valence electrons. The molecule has 0 aliphatic rings. The summed E-state index contributed by atoms with van der Waals surface area (Å²) in [5, 5.41) is 37.1. The molecule has 0 aromatic heterocycles. The van der Waals surface area contributed by atoms with Crippen LogP contribution in [0.25, 0.3) is 43.1 Å². The highest BCUT2D eigenvalue weighted by Crippen LogP contribution is 2.44. The van der Waals surface area contributed by atoms with Gasteiger partial charge in [0.2, 0.25) is 0 Å². The van der Waals surface area contributed by atoms with E-state index in [-0.39, 0.29) is 0 Å². The van der Waals surface area contributed by atoms with E-state index in [9.17, 15) is 15.8 Å². The van der Waals surface area contributed by atoms with Crippen molar-refractivity contribution in [3.63, 3.8) is 0 Å². The summed E-state index contributed by atoms with van der Waals surface area (Å²) in [6.07, 6.45) is 0. The highest BCUT2D eigenvalue weighted by Gasteiger charge is 2.20. The zero-order valence-electron chi connectivity index (χ0n) is 14.4. The summed E-state index contributed by atoms with van der Waals surface area (Å²) in [6.45, 7) is 0. The molecule has 0 spiro atoms. The lowest BCUT2D eigenvalue weighted by atomic mass is 9.85. The first-order valence-electron chi connectivity index (χ1n) is 8.49. The van der Waals surface area contributed by atoms with Gasteiger partial charge in [-0.15, -0.1) is 21.9 Å². The number of rotatable bonds is 0. The van der Waals surface area contributed by atoms with Gasteiger partial charge in [0.25, 0.3) is 0 Å². The van der Waals surface area contributed by atoms with E-state index in [1.54, 1.807) is 6.07 Å². The SMILES string of the molecule is N#Cc1ccc2c3c(C#N)cc(P)c4c(C#N)ccc(c5ccc(S)c1c52)c43. The standard InChI is InChI=1S/C23H10N3PS/c24-8-11-1-3-15-14-5-6-18(28)21-12(9-25)2-4-16(22(14)21)19-13(10-26)7-17(27)20(11)23(15)19/h1-7,28H,27H2. The number of hydrogen-bond acceptors (Lipinski definition) is 4. The number of benzene rings is 5. The maximum atomic E-state index is 9.84. The molecule has 0 amide bonds. The van der Waals surface area contributed by atoms with Crippen LogP contribution in [0.4, 0.5) is 0 Å². The Morgan fingerprint density at radius 2 is 1.18 bits per heavy atom. The van der Waals surface area contributed by atoms with Crippen LogP contribution in [0.2, 0.25) is 0 Å². The fourth-order valence-electron chi connectivity index (χ4n) is 4.29. The smallest absolute Gasteiger partial charge is 0.0998 e. The highest BCUT2D eigenvalue weighted by molar-refractivity contribution is 7.80. The monoisotopic (exact) mass is 391 g/mol. The van der Waals surface area contributed by atoms with Gasteiger partial charge in [0.1, 0.15) is 0 Å². The van der Waals surface area contributed by atoms with Crippen molar-refractivity contribution in [3.05, 3.63) is 59.2 Å². The molecule has 0 heterocycles. The number of fused-ring (bicyclic) bond motifs is 2. The van der Waals surface area contributed by atoms with Crippen LogP contribution in [0.3, 0.4) is 0 Å². The van der Waals surface area contributed by atoms with E-state index >= 15 is 0 Å². The first-order valence-corrected chi connectivity index (χ1v) is 9.52. The number of hydrogen-bond donors (Lipinski definition) is 1. The fraction of sp³-hybridized carbons (Fsp3) is 0. The molecule has 1 unspecified atom stereocenters. The third-order valence-corrected chi connectivity index (χ3v) is 6.20. The molecule has 0 bridgehead atoms. The topological polar surface area (TPSA) is 71.4 Å². The van der Waals surface area contributed by atoms with Crippen molar-refractivity contribution in [2.45, 2.75) is 4.90 Å². The first-order chi connectivity index (χ1) is 13.6. The Morgan fingerprint density at radius 1 is 0.607 bits per heavy atom. The molecule has 28 heavy (non-hydrogen) atoms. The number of nitrogens with zero attached hydrogens (tertiary/aromatic N) is 3. The minimum atomic E-state index is 0.551. The van der Waals surface area contributed by atoms with Gasteiger partial charge >= 0.3 is 0 Å². The van der Waals surface area contributed by atoms with E-state index in [4.69, 9.17) is 0 Å². The second kappa shape index (κ2) is 5.82. The van der Waals surface area contributed by atoms with E-state index in [1.165, 1.54) is 0 Å². The molecule has 1 atom stereocenters. The van der Waals surface area contributed by atoms with Gasteiger partial charge in [-0.05, 0) is 51.1 Å². The lowest BCUT2D eigenvalue weighted by Gasteiger charge is -2.18. The zero-order valence-corrected chi connectivity index (χ0v) is 16.5. The Kier molecular flexibility index (Phi) is 3.49. The molecular weight excluding hydrogens is 381 g/mol. The maximum Gasteiger partial charge on any atom is 0.0998 e. The summed E-state index contributed by atoms with van der Waals surface area (Å²) in [5.41, 5.74) is 1.68. The third kappa shape index (κ3) is 1.96. The largest absolute Gasteiger partial charge is 0.192 e. The lowest BCUT2D eigenvalue weighted by Crippen LogP contribution is -2.01. The number of thiol groups is 1. The molecule has 0 saturated carbocycles. The number of nitriles is 3. The van der Waals surface area contributed by atoms with Gasteiger partial charge in [-0.2, -0.15) is 15.8 Å². The van der Waals surface area contributed by atoms with Crippen LogP contribution in [-0.2, 0) is 0 Å². The highest BCUT2D eigenvalue weighted by atomic mass is 32.1. The molecule has 5 aromatic rings. The van der Waals surface area contributed by atoms with Crippen molar-refractivity contribution in [1.82, 2.24) is 0 Å². The van der Waals surface area contributed by atoms with E-state index in [2.05, 4.69) is 40.1 Å². The average molecular weight is 391 g/mol. The molecule has 5 aromatic carbocycles. The molecule has 0 radical (unpaired) electrons. The Bertz CT molecular complexity index is 1610. The molecule has 0 N–H and O–H groups in total. The molecule has 5 rings (SSSR count). The fourth-order valence-corrected chi connectivity index (χ4v) is 5.06. The van der Waals surface area contributed by atoms with Gasteiger partial charge in [0, 0.05) is 26.4 Å². The van der Waals surface area contributed by atoms with Crippen LogP contribution in [0.5, 0.6) is 0 Å². The van der Waals surface area contributed by atoms with E-state index < -0.39 is 0 Å². The van der Waals surface area contributed by atoms with Crippen LogP contribution >= 0.6 is 21.9 Å². The molecule has 3 nitrogen and oxygen atoms in total. The Hall–Kier alpha value is -3.35. The van der Waals surface area contributed by atoms with Gasteiger partial charge in [-0.25, -0.2) is 0 Å². The average Bonchev–Trinajstić information content (AvgIpc) is 2.72. The second-order valence-corrected chi connectivity index (χ2v) is 7.78. The molecule has 0 fully saturated rings. The molecule has 0 aliphatic carbocycles. The van der Waals surface area contributed by atoms with Gasteiger partial charge < -0.3 is 0 Å². The Balaban J connectivity index is 2.28. The minimum absolute atomic E-state index is 0.551. The lowest BCUT2D eigenvalue weighted by molar-refractivity contribution is 1.48. The zero-order chi connectivity index (χ0) is 19.6. The summed E-state index contributed by atoms with van der Waals surface area (Å²) in [5.74, 6) is 0. The van der Waals surface area contributed by atoms with Crippen molar-refractivity contribution in [2.75, 3.05) is 0 Å². The third-order valence-electron chi connectivity index (χ3n) is 5.37. The molecular formula is C23H10N3PS. The van der Waals surface area contributed by atoms with E-state index in [0.29, 0.717) is 16.7 Å². The minimum Gasteiger partial charge on any atom is -0.192 e. The van der Waals surface area contributed by atoms with Gasteiger partial charge in [0.15, 0.2) is 0 Å². The predicted molar refractivity (Wildman–Crippen MR) is 118 cm³/mol. The summed E-state index contributed by atoms with van der Waals surface area (Å²) in [7, 11) is 2.66. The molecule has 5 heteroatoms. The van der Waals surface area contributed by atoms with Crippen LogP contribution in [-0.4, -0.2) is 0 Å². The summed E-state index contributed by atoms with van der Waals surface area (Å²) in [4.78, 5) is 0.728. The summed E-state index contributed by atoms with van der Waals surface area (Å²) in [6, 6.07) is 20.0. The second-order valence-electron chi connectivity index (χ2n) is 6.68. The molecule has 0 saturated heterocycles. The Morgan fingerprint density at radius 3 is 1.86 bits per heavy atom. The van der Waals surface area contributed by atoms with E-state index in [0.717, 1.165) is 53.3 Å². The van der Waals surface area contributed by atoms with E-state index in [1.807, 2.05) is 36.4 Å². The van der Waals surface area contributed by atoms with Crippen LogP contribution in [0, 0.1) is 34.0 Å².